The van der Waals surface area contributed by atoms with Crippen molar-refractivity contribution in [3.8, 4) is 22.6 Å². The number of methoxy groups -OCH3 is 3. The molecular weight excluding hydrogens is 549 g/mol. The Hall–Kier alpha value is -1.28. The lowest BCUT2D eigenvalue weighted by molar-refractivity contribution is 0.0596. The summed E-state index contributed by atoms with van der Waals surface area (Å²) in [7, 11) is 4.38. The maximum Gasteiger partial charge on any atom is 0.359 e. The van der Waals surface area contributed by atoms with Gasteiger partial charge in [-0.05, 0) is 39.7 Å². The summed E-state index contributed by atoms with van der Waals surface area (Å²) in [4.78, 5) is 12.0. The lowest BCUT2D eigenvalue weighted by atomic mass is 10.0. The number of nitrogens with zero attached hydrogens (tertiary/aromatic N) is 2. The fourth-order valence-electron chi connectivity index (χ4n) is 2.72. The summed E-state index contributed by atoms with van der Waals surface area (Å²) in [6, 6.07) is 7.14. The van der Waals surface area contributed by atoms with Crippen LogP contribution < -0.4 is 9.47 Å². The number of hydrogen-bond acceptors (Lipinski definition) is 5. The molecule has 0 bridgehead atoms. The Kier molecular flexibility index (Phi) is 8.82. The third-order valence-corrected chi connectivity index (χ3v) is 6.62. The predicted molar refractivity (Wildman–Crippen MR) is 129 cm³/mol. The number of halogens is 3. The third kappa shape index (κ3) is 4.58. The van der Waals surface area contributed by atoms with E-state index in [1.165, 1.54) is 21.3 Å². The summed E-state index contributed by atoms with van der Waals surface area (Å²) in [6.07, 6.45) is 0.295. The second kappa shape index (κ2) is 10.7. The highest BCUT2D eigenvalue weighted by Crippen LogP contribution is 2.46. The molecule has 6 nitrogen and oxygen atoms in total. The van der Waals surface area contributed by atoms with Gasteiger partial charge in [0.05, 0.1) is 43.3 Å². The molecule has 2 aromatic carbocycles. The number of aromatic nitrogens is 2. The normalized spacial score (nSPS) is 10.8. The highest BCUT2D eigenvalue weighted by atomic mass is 127. The number of ether oxygens (including phenoxy) is 3. The zero-order valence-electron chi connectivity index (χ0n) is 16.5. The molecule has 3 rings (SSSR count). The summed E-state index contributed by atoms with van der Waals surface area (Å²) < 4.78 is 17.2. The van der Waals surface area contributed by atoms with Crippen LogP contribution in [0.1, 0.15) is 24.3 Å². The van der Waals surface area contributed by atoms with Crippen LogP contribution in [0.15, 0.2) is 24.3 Å². The van der Waals surface area contributed by atoms with Crippen LogP contribution in [-0.4, -0.2) is 36.8 Å². The maximum absolute atomic E-state index is 12.0. The van der Waals surface area contributed by atoms with Crippen LogP contribution in [0.25, 0.3) is 22.0 Å². The zero-order valence-corrected chi connectivity index (χ0v) is 21.1. The van der Waals surface area contributed by atoms with Crippen molar-refractivity contribution in [2.75, 3.05) is 21.3 Å². The van der Waals surface area contributed by atoms with Crippen LogP contribution in [0.4, 0.5) is 0 Å². The van der Waals surface area contributed by atoms with Crippen molar-refractivity contribution in [3.63, 3.8) is 0 Å². The molecule has 0 aliphatic rings. The molecule has 0 radical (unpaired) electrons. The van der Waals surface area contributed by atoms with Gasteiger partial charge >= 0.3 is 5.97 Å². The lowest BCUT2D eigenvalue weighted by Crippen LogP contribution is -2.02. The number of benzene rings is 2. The molecule has 156 valence electrons. The first kappa shape index (κ1) is 24.0. The fourth-order valence-corrected chi connectivity index (χ4v) is 4.96. The molecule has 0 aliphatic heterocycles. The predicted octanol–water partition coefficient (Wildman–Crippen LogP) is 6.63. The van der Waals surface area contributed by atoms with Crippen molar-refractivity contribution in [2.45, 2.75) is 13.8 Å². The molecule has 0 saturated carbocycles. The minimum absolute atomic E-state index is 0.267. The van der Waals surface area contributed by atoms with Crippen molar-refractivity contribution >= 4 is 68.5 Å². The number of esters is 1. The Balaban J connectivity index is 0.00000145. The van der Waals surface area contributed by atoms with Crippen LogP contribution in [0.5, 0.6) is 11.5 Å². The molecule has 0 saturated heterocycles. The van der Waals surface area contributed by atoms with Gasteiger partial charge in [0, 0.05) is 17.0 Å². The van der Waals surface area contributed by atoms with Crippen LogP contribution >= 0.6 is 51.6 Å². The maximum atomic E-state index is 12.0. The summed E-state index contributed by atoms with van der Waals surface area (Å²) in [6.45, 7) is 4.00. The Morgan fingerprint density at radius 3 is 2.14 bits per heavy atom. The molecule has 0 spiro atoms. The van der Waals surface area contributed by atoms with E-state index in [4.69, 9.17) is 37.4 Å². The summed E-state index contributed by atoms with van der Waals surface area (Å²) in [5, 5.41) is 5.80. The fraction of sp³-hybridized carbons (Fsp3) is 0.263. The number of rotatable bonds is 5. The van der Waals surface area contributed by atoms with Gasteiger partial charge in [-0.25, -0.2) is 9.25 Å². The number of carbonyl (C=O) groups is 1. The number of hydrogen-bond donors (Lipinski definition) is 0. The Labute approximate surface area is 194 Å². The van der Waals surface area contributed by atoms with Crippen molar-refractivity contribution in [1.82, 2.24) is 9.55 Å². The van der Waals surface area contributed by atoms with E-state index in [0.717, 1.165) is 11.1 Å². The molecule has 1 unspecified atom stereocenters. The quantitative estimate of drug-likeness (QED) is 0.196. The topological polar surface area (TPSA) is 62.6 Å². The van der Waals surface area contributed by atoms with E-state index < -0.39 is 5.97 Å². The van der Waals surface area contributed by atoms with E-state index in [0.29, 0.717) is 38.9 Å². The highest BCUT2D eigenvalue weighted by molar-refractivity contribution is 14.2. The van der Waals surface area contributed by atoms with Crippen molar-refractivity contribution in [2.24, 2.45) is 0 Å². The molecule has 0 fully saturated rings. The Morgan fingerprint density at radius 1 is 1.07 bits per heavy atom. The molecule has 1 aromatic heterocycles. The van der Waals surface area contributed by atoms with E-state index in [-0.39, 0.29) is 5.69 Å². The molecular formula is C19H20Cl2IN2O4P. The van der Waals surface area contributed by atoms with Crippen molar-refractivity contribution in [3.05, 3.63) is 40.0 Å². The largest absolute Gasteiger partial charge is 0.495 e. The average Bonchev–Trinajstić information content (AvgIpc) is 3.13. The first-order chi connectivity index (χ1) is 14.0. The number of fused-ring (bicyclic) bond motifs is 1. The van der Waals surface area contributed by atoms with Gasteiger partial charge in [-0.2, -0.15) is 5.10 Å². The van der Waals surface area contributed by atoms with Crippen molar-refractivity contribution in [1.29, 1.82) is 0 Å². The third-order valence-electron chi connectivity index (χ3n) is 4.00. The van der Waals surface area contributed by atoms with Gasteiger partial charge in [0.25, 0.3) is 0 Å². The molecule has 0 amide bonds. The summed E-state index contributed by atoms with van der Waals surface area (Å²) in [5.74, 6) is 0.417. The van der Waals surface area contributed by atoms with Gasteiger partial charge in [0.2, 0.25) is 0 Å². The Morgan fingerprint density at radius 2 is 1.66 bits per heavy atom. The van der Waals surface area contributed by atoms with E-state index in [1.807, 2.05) is 26.0 Å². The summed E-state index contributed by atoms with van der Waals surface area (Å²) >= 11 is 15.2. The van der Waals surface area contributed by atoms with E-state index >= 15 is 0 Å². The van der Waals surface area contributed by atoms with Gasteiger partial charge < -0.3 is 14.2 Å². The first-order valence-electron chi connectivity index (χ1n) is 8.54. The minimum atomic E-state index is -0.486. The molecule has 3 aromatic rings. The van der Waals surface area contributed by atoms with Gasteiger partial charge in [-0.15, -0.1) is 0 Å². The monoisotopic (exact) mass is 568 g/mol. The van der Waals surface area contributed by atoms with Crippen LogP contribution in [0, 0.1) is 0 Å². The van der Waals surface area contributed by atoms with E-state index in [9.17, 15) is 4.79 Å². The second-order valence-electron chi connectivity index (χ2n) is 5.35. The second-order valence-corrected chi connectivity index (χ2v) is 8.15. The number of carbonyl (C=O) groups excluding carboxylic acids is 1. The Bertz CT molecular complexity index is 1010. The summed E-state index contributed by atoms with van der Waals surface area (Å²) in [5.41, 5.74) is 2.38. The van der Waals surface area contributed by atoms with Crippen molar-refractivity contribution < 1.29 is 19.0 Å². The van der Waals surface area contributed by atoms with Crippen LogP contribution in [0.2, 0.25) is 10.0 Å². The zero-order chi connectivity index (χ0) is 21.7. The average molecular weight is 569 g/mol. The smallest absolute Gasteiger partial charge is 0.359 e. The van der Waals surface area contributed by atoms with Gasteiger partial charge in [0.1, 0.15) is 11.5 Å². The molecule has 0 aliphatic carbocycles. The standard InChI is InChI=1S/C17H14Cl2IN2O4P.C2H6/c1-24-11-7-12(25-2)15(19)13(14(11)18)8-4-5-9-10(6-8)22(27-20)21-16(9)17(23)26-3;1-2/h4-7,27H,1-3H3;1-2H3. The SMILES string of the molecule is CC.COC(=O)c1nn(PI)c2cc(-c3c(Cl)c(OC)cc(OC)c3Cl)ccc12. The molecule has 1 atom stereocenters. The first-order valence-corrected chi connectivity index (χ1v) is 13.4. The van der Waals surface area contributed by atoms with E-state index in [1.54, 1.807) is 16.6 Å². The van der Waals surface area contributed by atoms with Gasteiger partial charge in [-0.1, -0.05) is 43.1 Å². The molecule has 0 N–H and O–H groups in total. The highest BCUT2D eigenvalue weighted by Gasteiger charge is 2.22. The van der Waals surface area contributed by atoms with Gasteiger partial charge in [0.15, 0.2) is 5.69 Å². The molecule has 29 heavy (non-hydrogen) atoms. The minimum Gasteiger partial charge on any atom is -0.495 e. The molecule has 1 heterocycles. The van der Waals surface area contributed by atoms with E-state index in [2.05, 4.69) is 27.1 Å². The lowest BCUT2D eigenvalue weighted by Gasteiger charge is -2.15. The molecule has 10 heteroatoms. The van der Waals surface area contributed by atoms with Crippen LogP contribution in [-0.2, 0) is 4.74 Å². The van der Waals surface area contributed by atoms with Gasteiger partial charge in [-0.3, -0.25) is 0 Å². The van der Waals surface area contributed by atoms with Crippen LogP contribution in [0.3, 0.4) is 0 Å².